The Kier molecular flexibility index (Phi) is 7.93. The molecular formula is C29H29FN8O3S. The average Bonchev–Trinajstić information content (AvgIpc) is 3.82. The summed E-state index contributed by atoms with van der Waals surface area (Å²) in [6.07, 6.45) is 4.72. The predicted molar refractivity (Wildman–Crippen MR) is 156 cm³/mol. The van der Waals surface area contributed by atoms with Crippen LogP contribution >= 0.6 is 11.3 Å². The molecule has 6 rings (SSSR count). The van der Waals surface area contributed by atoms with Crippen LogP contribution in [0.2, 0.25) is 0 Å². The monoisotopic (exact) mass is 588 g/mol. The molecule has 1 saturated heterocycles. The minimum Gasteiger partial charge on any atom is -0.497 e. The molecule has 3 aromatic heterocycles. The SMILES string of the molecule is COc1ccc(Cn2nncc2N(C)Cc2ccc(-c3ccc(N4CC(Cn5ccnn5)OC4C=O)cc3F)s2)cc1. The second kappa shape index (κ2) is 12.1. The number of aromatic nitrogens is 6. The van der Waals surface area contributed by atoms with Gasteiger partial charge >= 0.3 is 0 Å². The van der Waals surface area contributed by atoms with E-state index in [0.29, 0.717) is 37.4 Å². The predicted octanol–water partition coefficient (Wildman–Crippen LogP) is 3.86. The molecule has 0 amide bonds. The van der Waals surface area contributed by atoms with Crippen molar-refractivity contribution in [3.63, 3.8) is 0 Å². The fourth-order valence-corrected chi connectivity index (χ4v) is 6.09. The van der Waals surface area contributed by atoms with Gasteiger partial charge in [-0.2, -0.15) is 0 Å². The van der Waals surface area contributed by atoms with Crippen LogP contribution in [-0.2, 0) is 29.2 Å². The summed E-state index contributed by atoms with van der Waals surface area (Å²) in [5, 5.41) is 16.1. The highest BCUT2D eigenvalue weighted by atomic mass is 32.1. The smallest absolute Gasteiger partial charge is 0.187 e. The van der Waals surface area contributed by atoms with Crippen molar-refractivity contribution < 1.29 is 18.7 Å². The van der Waals surface area contributed by atoms with Crippen LogP contribution in [0, 0.1) is 5.82 Å². The maximum atomic E-state index is 15.4. The highest BCUT2D eigenvalue weighted by molar-refractivity contribution is 7.15. The lowest BCUT2D eigenvalue weighted by molar-refractivity contribution is -0.117. The van der Waals surface area contributed by atoms with Crippen molar-refractivity contribution in [1.29, 1.82) is 0 Å². The largest absolute Gasteiger partial charge is 0.497 e. The molecule has 0 radical (unpaired) electrons. The lowest BCUT2D eigenvalue weighted by atomic mass is 10.1. The molecule has 0 spiro atoms. The molecule has 216 valence electrons. The van der Waals surface area contributed by atoms with E-state index in [9.17, 15) is 4.79 Å². The fraction of sp³-hybridized carbons (Fsp3) is 0.276. The minimum atomic E-state index is -0.791. The number of nitrogens with zero attached hydrogens (tertiary/aromatic N) is 8. The first-order valence-corrected chi connectivity index (χ1v) is 14.1. The van der Waals surface area contributed by atoms with Crippen LogP contribution in [0.25, 0.3) is 10.4 Å². The van der Waals surface area contributed by atoms with Gasteiger partial charge in [-0.05, 0) is 48.0 Å². The van der Waals surface area contributed by atoms with E-state index >= 15 is 4.39 Å². The first-order valence-electron chi connectivity index (χ1n) is 13.3. The highest BCUT2D eigenvalue weighted by Gasteiger charge is 2.33. The van der Waals surface area contributed by atoms with Crippen molar-refractivity contribution in [3.8, 4) is 16.2 Å². The summed E-state index contributed by atoms with van der Waals surface area (Å²) in [5.74, 6) is 1.31. The normalized spacial score (nSPS) is 16.6. The molecule has 2 aromatic carbocycles. The van der Waals surface area contributed by atoms with E-state index in [0.717, 1.165) is 33.2 Å². The third-order valence-corrected chi connectivity index (χ3v) is 8.21. The van der Waals surface area contributed by atoms with Crippen LogP contribution in [0.5, 0.6) is 5.75 Å². The van der Waals surface area contributed by atoms with Gasteiger partial charge in [-0.1, -0.05) is 22.6 Å². The van der Waals surface area contributed by atoms with Gasteiger partial charge in [0, 0.05) is 40.8 Å². The number of anilines is 2. The zero-order chi connectivity index (χ0) is 29.1. The number of hydrogen-bond acceptors (Lipinski definition) is 10. The minimum absolute atomic E-state index is 0.274. The summed E-state index contributed by atoms with van der Waals surface area (Å²) < 4.78 is 30.0. The van der Waals surface area contributed by atoms with Crippen molar-refractivity contribution >= 4 is 29.1 Å². The van der Waals surface area contributed by atoms with Gasteiger partial charge in [-0.15, -0.1) is 21.5 Å². The van der Waals surface area contributed by atoms with E-state index in [1.165, 1.54) is 17.4 Å². The Morgan fingerprint density at radius 1 is 1.14 bits per heavy atom. The Bertz CT molecular complexity index is 1640. The van der Waals surface area contributed by atoms with E-state index in [-0.39, 0.29) is 11.9 Å². The number of halogens is 1. The standard InChI is InChI=1S/C29H29FN8O3S/c1-35(28-14-32-34-38(28)15-20-3-6-22(40-2)7-4-20)18-24-8-10-27(42-24)25-9-5-21(13-26(25)30)37-17-23(41-29(37)19-39)16-36-12-11-31-33-36/h3-14,19,23,29H,15-18H2,1-2H3. The number of hydrogen-bond donors (Lipinski definition) is 0. The number of rotatable bonds is 11. The van der Waals surface area contributed by atoms with E-state index in [1.54, 1.807) is 41.3 Å². The van der Waals surface area contributed by atoms with Crippen molar-refractivity contribution in [1.82, 2.24) is 30.0 Å². The summed E-state index contributed by atoms with van der Waals surface area (Å²) in [4.78, 5) is 17.4. The fourth-order valence-electron chi connectivity index (χ4n) is 5.00. The van der Waals surface area contributed by atoms with Crippen LogP contribution < -0.4 is 14.5 Å². The number of ether oxygens (including phenoxy) is 2. The lowest BCUT2D eigenvalue weighted by Crippen LogP contribution is -2.31. The lowest BCUT2D eigenvalue weighted by Gasteiger charge is -2.21. The van der Waals surface area contributed by atoms with Gasteiger partial charge in [0.25, 0.3) is 0 Å². The second-order valence-electron chi connectivity index (χ2n) is 9.95. The zero-order valence-corrected chi connectivity index (χ0v) is 23.9. The molecule has 2 unspecified atom stereocenters. The maximum Gasteiger partial charge on any atom is 0.187 e. The Labute approximate surface area is 245 Å². The molecule has 1 aliphatic heterocycles. The van der Waals surface area contributed by atoms with Crippen LogP contribution in [0.4, 0.5) is 15.9 Å². The van der Waals surface area contributed by atoms with Gasteiger partial charge in [0.2, 0.25) is 0 Å². The van der Waals surface area contributed by atoms with E-state index in [4.69, 9.17) is 9.47 Å². The van der Waals surface area contributed by atoms with Crippen LogP contribution in [0.15, 0.2) is 73.2 Å². The number of benzene rings is 2. The topological polar surface area (TPSA) is 103 Å². The van der Waals surface area contributed by atoms with Crippen LogP contribution in [0.1, 0.15) is 10.4 Å². The zero-order valence-electron chi connectivity index (χ0n) is 23.1. The van der Waals surface area contributed by atoms with Gasteiger partial charge < -0.3 is 19.3 Å². The van der Waals surface area contributed by atoms with Crippen molar-refractivity contribution in [2.75, 3.05) is 30.5 Å². The number of carbonyl (C=O) groups excluding carboxylic acids is 1. The molecule has 1 fully saturated rings. The Balaban J connectivity index is 1.12. The quantitative estimate of drug-likeness (QED) is 0.213. The summed E-state index contributed by atoms with van der Waals surface area (Å²) in [6, 6.07) is 16.8. The van der Waals surface area contributed by atoms with Gasteiger partial charge in [0.05, 0.1) is 45.2 Å². The maximum absolute atomic E-state index is 15.4. The molecule has 0 N–H and O–H groups in total. The Hall–Kier alpha value is -4.62. The molecule has 0 aliphatic carbocycles. The van der Waals surface area contributed by atoms with Gasteiger partial charge in [0.1, 0.15) is 17.4 Å². The third-order valence-electron chi connectivity index (χ3n) is 7.10. The van der Waals surface area contributed by atoms with Crippen molar-refractivity contribution in [3.05, 3.63) is 89.4 Å². The summed E-state index contributed by atoms with van der Waals surface area (Å²) >= 11 is 1.53. The number of thiophene rings is 1. The average molecular weight is 589 g/mol. The number of methoxy groups -OCH3 is 1. The van der Waals surface area contributed by atoms with Gasteiger partial charge in [0.15, 0.2) is 12.5 Å². The summed E-state index contributed by atoms with van der Waals surface area (Å²) in [5.41, 5.74) is 2.17. The molecule has 11 nitrogen and oxygen atoms in total. The molecule has 2 atom stereocenters. The van der Waals surface area contributed by atoms with Crippen LogP contribution in [-0.4, -0.2) is 69.3 Å². The van der Waals surface area contributed by atoms with Crippen molar-refractivity contribution in [2.24, 2.45) is 0 Å². The van der Waals surface area contributed by atoms with E-state index in [1.807, 2.05) is 54.2 Å². The number of aldehydes is 1. The molecule has 5 aromatic rings. The summed E-state index contributed by atoms with van der Waals surface area (Å²) in [7, 11) is 3.63. The highest BCUT2D eigenvalue weighted by Crippen LogP contribution is 2.34. The van der Waals surface area contributed by atoms with Gasteiger partial charge in [-0.3, -0.25) is 4.79 Å². The van der Waals surface area contributed by atoms with E-state index < -0.39 is 6.23 Å². The van der Waals surface area contributed by atoms with Crippen LogP contribution in [0.3, 0.4) is 0 Å². The first kappa shape index (κ1) is 27.5. The Morgan fingerprint density at radius 3 is 2.74 bits per heavy atom. The van der Waals surface area contributed by atoms with Gasteiger partial charge in [-0.25, -0.2) is 13.8 Å². The van der Waals surface area contributed by atoms with E-state index in [2.05, 4.69) is 25.5 Å². The molecule has 13 heteroatoms. The molecule has 4 heterocycles. The molecule has 0 bridgehead atoms. The summed E-state index contributed by atoms with van der Waals surface area (Å²) in [6.45, 7) is 2.07. The number of carbonyl (C=O) groups is 1. The first-order chi connectivity index (χ1) is 20.5. The Morgan fingerprint density at radius 2 is 2.00 bits per heavy atom. The molecular weight excluding hydrogens is 559 g/mol. The second-order valence-corrected chi connectivity index (χ2v) is 11.1. The molecule has 42 heavy (non-hydrogen) atoms. The third kappa shape index (κ3) is 5.87. The molecule has 1 aliphatic rings. The van der Waals surface area contributed by atoms with Crippen molar-refractivity contribution in [2.45, 2.75) is 32.0 Å². The molecule has 0 saturated carbocycles.